The van der Waals surface area contributed by atoms with Crippen LogP contribution in [0.15, 0.2) is 35.2 Å². The van der Waals surface area contributed by atoms with Crippen molar-refractivity contribution in [2.75, 3.05) is 0 Å². The molecule has 0 heterocycles. The van der Waals surface area contributed by atoms with Crippen LogP contribution in [0.4, 0.5) is 0 Å². The number of Topliss-reactive ketones (excluding diaryl/α,β-unsaturated/α-hetero) is 1. The molecule has 0 unspecified atom stereocenters. The van der Waals surface area contributed by atoms with Gasteiger partial charge in [-0.2, -0.15) is 0 Å². The maximum Gasteiger partial charge on any atom is 0.192 e. The van der Waals surface area contributed by atoms with Gasteiger partial charge in [-0.1, -0.05) is 39.0 Å². The maximum atomic E-state index is 13.7. The first-order chi connectivity index (χ1) is 11.3. The summed E-state index contributed by atoms with van der Waals surface area (Å²) in [6.45, 7) is 6.52. The van der Waals surface area contributed by atoms with Crippen molar-refractivity contribution in [2.24, 2.45) is 29.1 Å². The number of fused-ring (bicyclic) bond motifs is 1. The van der Waals surface area contributed by atoms with Gasteiger partial charge in [-0.25, -0.2) is 8.42 Å². The molecule has 3 aliphatic carbocycles. The highest BCUT2D eigenvalue weighted by molar-refractivity contribution is 7.94. The van der Waals surface area contributed by atoms with Gasteiger partial charge in [-0.3, -0.25) is 4.79 Å². The highest BCUT2D eigenvalue weighted by Gasteiger charge is 2.91. The van der Waals surface area contributed by atoms with Crippen molar-refractivity contribution in [3.63, 3.8) is 0 Å². The van der Waals surface area contributed by atoms with E-state index < -0.39 is 14.6 Å². The van der Waals surface area contributed by atoms with E-state index in [0.29, 0.717) is 29.1 Å². The molecule has 1 aromatic rings. The molecule has 0 bridgehead atoms. The van der Waals surface area contributed by atoms with Crippen LogP contribution in [-0.2, 0) is 14.6 Å². The minimum atomic E-state index is -3.65. The lowest BCUT2D eigenvalue weighted by atomic mass is 9.70. The monoisotopic (exact) mass is 346 g/mol. The van der Waals surface area contributed by atoms with E-state index in [2.05, 4.69) is 20.8 Å². The van der Waals surface area contributed by atoms with Gasteiger partial charge in [0, 0.05) is 11.8 Å². The highest BCUT2D eigenvalue weighted by atomic mass is 32.2. The molecule has 1 aromatic carbocycles. The Kier molecular flexibility index (Phi) is 3.36. The average Bonchev–Trinajstić information content (AvgIpc) is 3.09. The summed E-state index contributed by atoms with van der Waals surface area (Å²) in [5.41, 5.74) is -0.314. The van der Waals surface area contributed by atoms with E-state index in [1.807, 2.05) is 6.07 Å². The second kappa shape index (κ2) is 4.94. The van der Waals surface area contributed by atoms with E-state index in [4.69, 9.17) is 0 Å². The summed E-state index contributed by atoms with van der Waals surface area (Å²) in [6, 6.07) is 8.64. The normalized spacial score (nSPS) is 41.2. The minimum Gasteiger partial charge on any atom is -0.298 e. The fraction of sp³-hybridized carbons (Fsp3) is 0.650. The number of ketones is 1. The minimum absolute atomic E-state index is 0.0141. The van der Waals surface area contributed by atoms with Gasteiger partial charge in [0.1, 0.15) is 4.75 Å². The molecule has 0 aromatic heterocycles. The quantitative estimate of drug-likeness (QED) is 0.834. The van der Waals surface area contributed by atoms with Crippen LogP contribution in [0.3, 0.4) is 0 Å². The van der Waals surface area contributed by atoms with Gasteiger partial charge in [0.2, 0.25) is 0 Å². The first-order valence-electron chi connectivity index (χ1n) is 9.14. The second-order valence-corrected chi connectivity index (χ2v) is 10.5. The van der Waals surface area contributed by atoms with Crippen LogP contribution < -0.4 is 0 Å². The summed E-state index contributed by atoms with van der Waals surface area (Å²) in [7, 11) is -3.65. The molecule has 0 radical (unpaired) electrons. The van der Waals surface area contributed by atoms with Crippen LogP contribution >= 0.6 is 0 Å². The number of carbonyl (C=O) groups excluding carboxylic acids is 1. The van der Waals surface area contributed by atoms with Crippen molar-refractivity contribution in [3.05, 3.63) is 30.3 Å². The maximum absolute atomic E-state index is 13.7. The molecule has 130 valence electrons. The van der Waals surface area contributed by atoms with Gasteiger partial charge in [-0.05, 0) is 55.1 Å². The fourth-order valence-electron chi connectivity index (χ4n) is 6.38. The van der Waals surface area contributed by atoms with Crippen LogP contribution in [0.2, 0.25) is 0 Å². The molecule has 3 fully saturated rings. The van der Waals surface area contributed by atoms with E-state index in [1.165, 1.54) is 0 Å². The second-order valence-electron chi connectivity index (χ2n) is 8.38. The first-order valence-corrected chi connectivity index (χ1v) is 10.6. The van der Waals surface area contributed by atoms with Crippen molar-refractivity contribution in [2.45, 2.75) is 56.1 Å². The SMILES string of the molecule is CC(C)[C@@H]1CC[C@H](C)[C@@]23CCC(=O)[C@]2(S(=O)(=O)c2ccccc2)[C@@H]13. The number of hydrogen-bond donors (Lipinski definition) is 0. The first kappa shape index (κ1) is 16.3. The summed E-state index contributed by atoms with van der Waals surface area (Å²) < 4.78 is 26.2. The van der Waals surface area contributed by atoms with Crippen molar-refractivity contribution in [3.8, 4) is 0 Å². The summed E-state index contributed by atoms with van der Waals surface area (Å²) in [5.74, 6) is 1.06. The zero-order valence-corrected chi connectivity index (χ0v) is 15.5. The lowest BCUT2D eigenvalue weighted by Gasteiger charge is -2.34. The van der Waals surface area contributed by atoms with Gasteiger partial charge < -0.3 is 0 Å². The third kappa shape index (κ3) is 1.59. The molecule has 24 heavy (non-hydrogen) atoms. The number of benzene rings is 1. The Morgan fingerprint density at radius 3 is 2.42 bits per heavy atom. The molecule has 3 saturated carbocycles. The third-order valence-electron chi connectivity index (χ3n) is 7.36. The van der Waals surface area contributed by atoms with Gasteiger partial charge in [0.15, 0.2) is 15.6 Å². The molecule has 1 spiro atoms. The van der Waals surface area contributed by atoms with Gasteiger partial charge in [0.05, 0.1) is 4.90 Å². The summed E-state index contributed by atoms with van der Waals surface area (Å²) in [4.78, 5) is 13.4. The van der Waals surface area contributed by atoms with Gasteiger partial charge >= 0.3 is 0 Å². The van der Waals surface area contributed by atoms with Gasteiger partial charge in [-0.15, -0.1) is 0 Å². The molecule has 0 amide bonds. The van der Waals surface area contributed by atoms with E-state index in [9.17, 15) is 13.2 Å². The Balaban J connectivity index is 1.93. The molecule has 5 atom stereocenters. The van der Waals surface area contributed by atoms with Crippen LogP contribution in [-0.4, -0.2) is 18.9 Å². The van der Waals surface area contributed by atoms with E-state index in [0.717, 1.165) is 19.3 Å². The van der Waals surface area contributed by atoms with Crippen LogP contribution in [0, 0.1) is 29.1 Å². The highest BCUT2D eigenvalue weighted by Crippen LogP contribution is 2.82. The van der Waals surface area contributed by atoms with Crippen LogP contribution in [0.1, 0.15) is 46.5 Å². The Bertz CT molecular complexity index is 782. The van der Waals surface area contributed by atoms with Crippen molar-refractivity contribution in [1.29, 1.82) is 0 Å². The lowest BCUT2D eigenvalue weighted by Crippen LogP contribution is -2.36. The topological polar surface area (TPSA) is 51.2 Å². The zero-order chi connectivity index (χ0) is 17.3. The number of sulfone groups is 1. The Hall–Kier alpha value is -1.16. The smallest absolute Gasteiger partial charge is 0.192 e. The van der Waals surface area contributed by atoms with Crippen molar-refractivity contribution < 1.29 is 13.2 Å². The Morgan fingerprint density at radius 2 is 1.79 bits per heavy atom. The van der Waals surface area contributed by atoms with Gasteiger partial charge in [0.25, 0.3) is 0 Å². The molecule has 4 rings (SSSR count). The number of carbonyl (C=O) groups is 1. The van der Waals surface area contributed by atoms with Crippen LogP contribution in [0.5, 0.6) is 0 Å². The standard InChI is InChI=1S/C20H26O3S/c1-13(2)16-10-9-14(3)19-12-11-17(21)20(19,18(16)19)24(22,23)15-7-5-4-6-8-15/h4-8,13-14,16,18H,9-12H2,1-3H3/t14-,16-,18-,19+,20-/m0/s1. The molecule has 0 N–H and O–H groups in total. The number of hydrogen-bond acceptors (Lipinski definition) is 3. The fourth-order valence-corrected chi connectivity index (χ4v) is 9.26. The van der Waals surface area contributed by atoms with E-state index in [-0.39, 0.29) is 17.1 Å². The molecule has 0 aliphatic heterocycles. The van der Waals surface area contributed by atoms with Crippen molar-refractivity contribution >= 4 is 15.6 Å². The van der Waals surface area contributed by atoms with Crippen molar-refractivity contribution in [1.82, 2.24) is 0 Å². The number of rotatable bonds is 3. The summed E-state index contributed by atoms with van der Waals surface area (Å²) in [5, 5.41) is 0. The predicted molar refractivity (Wildman–Crippen MR) is 93.2 cm³/mol. The molecule has 3 aliphatic rings. The van der Waals surface area contributed by atoms with E-state index in [1.54, 1.807) is 24.3 Å². The molecule has 4 heteroatoms. The molecule has 0 saturated heterocycles. The van der Waals surface area contributed by atoms with E-state index >= 15 is 0 Å². The Labute approximate surface area is 144 Å². The summed E-state index contributed by atoms with van der Waals surface area (Å²) >= 11 is 0. The lowest BCUT2D eigenvalue weighted by molar-refractivity contribution is -0.118. The Morgan fingerprint density at radius 1 is 1.12 bits per heavy atom. The van der Waals surface area contributed by atoms with Crippen LogP contribution in [0.25, 0.3) is 0 Å². The largest absolute Gasteiger partial charge is 0.298 e. The predicted octanol–water partition coefficient (Wildman–Crippen LogP) is 3.88. The molecular formula is C20H26O3S. The summed E-state index contributed by atoms with van der Waals surface area (Å²) in [6.07, 6.45) is 3.27. The average molecular weight is 346 g/mol. The zero-order valence-electron chi connectivity index (χ0n) is 14.7. The molecular weight excluding hydrogens is 320 g/mol. The molecule has 3 nitrogen and oxygen atoms in total. The third-order valence-corrected chi connectivity index (χ3v) is 9.96.